The fraction of sp³-hybridized carbons (Fsp3) is 0.375. The fourth-order valence-corrected chi connectivity index (χ4v) is 3.65. The highest BCUT2D eigenvalue weighted by molar-refractivity contribution is 9.10. The summed E-state index contributed by atoms with van der Waals surface area (Å²) in [6, 6.07) is 8.13. The lowest BCUT2D eigenvalue weighted by molar-refractivity contribution is -0.121. The second kappa shape index (κ2) is 9.73. The molecule has 1 amide bonds. The van der Waals surface area contributed by atoms with Crippen LogP contribution in [0.5, 0.6) is 0 Å². The van der Waals surface area contributed by atoms with Gasteiger partial charge in [-0.05, 0) is 30.9 Å². The van der Waals surface area contributed by atoms with Gasteiger partial charge in [-0.1, -0.05) is 28.1 Å². The monoisotopic (exact) mass is 451 g/mol. The van der Waals surface area contributed by atoms with Gasteiger partial charge in [-0.25, -0.2) is 4.98 Å². The second-order valence-electron chi connectivity index (χ2n) is 5.58. The summed E-state index contributed by atoms with van der Waals surface area (Å²) in [7, 11) is 0. The summed E-state index contributed by atoms with van der Waals surface area (Å²) < 4.78 is 1.02. The minimum absolute atomic E-state index is 0. The number of amides is 1. The van der Waals surface area contributed by atoms with Gasteiger partial charge in [0.25, 0.3) is 0 Å². The summed E-state index contributed by atoms with van der Waals surface area (Å²) in [4.78, 5) is 16.7. The van der Waals surface area contributed by atoms with Crippen molar-refractivity contribution in [2.75, 3.05) is 6.54 Å². The molecule has 0 bridgehead atoms. The summed E-state index contributed by atoms with van der Waals surface area (Å²) in [5.41, 5.74) is 7.59. The average molecular weight is 453 g/mol. The molecular weight excluding hydrogens is 433 g/mol. The van der Waals surface area contributed by atoms with E-state index in [2.05, 4.69) is 26.2 Å². The van der Waals surface area contributed by atoms with Gasteiger partial charge < -0.3 is 11.1 Å². The Kier molecular flexibility index (Phi) is 8.67. The van der Waals surface area contributed by atoms with Crippen molar-refractivity contribution in [1.29, 1.82) is 0 Å². The van der Waals surface area contributed by atoms with Crippen LogP contribution in [0, 0.1) is 5.92 Å². The fourth-order valence-electron chi connectivity index (χ4n) is 2.43. The van der Waals surface area contributed by atoms with Gasteiger partial charge in [-0.3, -0.25) is 4.79 Å². The Morgan fingerprint density at radius 3 is 2.79 bits per heavy atom. The Labute approximate surface area is 166 Å². The minimum Gasteiger partial charge on any atom is -0.351 e. The van der Waals surface area contributed by atoms with Gasteiger partial charge >= 0.3 is 0 Å². The summed E-state index contributed by atoms with van der Waals surface area (Å²) >= 11 is 5.02. The first-order valence-corrected chi connectivity index (χ1v) is 9.02. The van der Waals surface area contributed by atoms with Gasteiger partial charge in [-0.2, -0.15) is 0 Å². The Morgan fingerprint density at radius 1 is 1.42 bits per heavy atom. The van der Waals surface area contributed by atoms with E-state index < -0.39 is 0 Å². The number of halogens is 3. The van der Waals surface area contributed by atoms with Gasteiger partial charge in [-0.15, -0.1) is 36.2 Å². The number of nitrogens with two attached hydrogens (primary N) is 1. The van der Waals surface area contributed by atoms with E-state index in [4.69, 9.17) is 5.73 Å². The molecule has 8 heteroatoms. The number of carbonyl (C=O) groups excluding carboxylic acids is 1. The lowest BCUT2D eigenvalue weighted by Crippen LogP contribution is -2.42. The second-order valence-corrected chi connectivity index (χ2v) is 7.35. The number of hydrogen-bond donors (Lipinski definition) is 2. The molecule has 0 radical (unpaired) electrons. The summed E-state index contributed by atoms with van der Waals surface area (Å²) in [5.74, 6) is 0.579. The van der Waals surface area contributed by atoms with E-state index in [9.17, 15) is 4.79 Å². The lowest BCUT2D eigenvalue weighted by atomic mass is 10.2. The molecular formula is C16H20BrCl2N3OS. The summed E-state index contributed by atoms with van der Waals surface area (Å²) in [6.45, 7) is 0.511. The van der Waals surface area contributed by atoms with Crippen LogP contribution in [0.15, 0.2) is 34.1 Å². The van der Waals surface area contributed by atoms with E-state index in [1.54, 1.807) is 11.3 Å². The zero-order valence-electron chi connectivity index (χ0n) is 12.9. The number of carbonyl (C=O) groups is 1. The number of aromatic nitrogens is 1. The molecule has 1 aromatic heterocycles. The van der Waals surface area contributed by atoms with Crippen LogP contribution in [0.2, 0.25) is 0 Å². The zero-order chi connectivity index (χ0) is 15.5. The van der Waals surface area contributed by atoms with Gasteiger partial charge in [0.2, 0.25) is 5.91 Å². The van der Waals surface area contributed by atoms with E-state index in [-0.39, 0.29) is 36.8 Å². The summed E-state index contributed by atoms with van der Waals surface area (Å²) in [5, 5.41) is 5.91. The van der Waals surface area contributed by atoms with Gasteiger partial charge in [0.15, 0.2) is 0 Å². The Bertz CT molecular complexity index is 679. The third-order valence-electron chi connectivity index (χ3n) is 3.76. The highest BCUT2D eigenvalue weighted by Crippen LogP contribution is 2.32. The van der Waals surface area contributed by atoms with Crippen LogP contribution in [0.4, 0.5) is 0 Å². The molecule has 0 aliphatic heterocycles. The van der Waals surface area contributed by atoms with Crippen molar-refractivity contribution in [3.05, 3.63) is 39.8 Å². The zero-order valence-corrected chi connectivity index (χ0v) is 16.9. The molecule has 2 aromatic rings. The van der Waals surface area contributed by atoms with Crippen molar-refractivity contribution in [2.24, 2.45) is 11.7 Å². The topological polar surface area (TPSA) is 68.0 Å². The van der Waals surface area contributed by atoms with E-state index in [1.165, 1.54) is 12.8 Å². The Hall–Kier alpha value is -0.660. The Morgan fingerprint density at radius 2 is 2.17 bits per heavy atom. The predicted octanol–water partition coefficient (Wildman–Crippen LogP) is 3.81. The molecule has 0 spiro atoms. The lowest BCUT2D eigenvalue weighted by Gasteiger charge is -2.15. The number of benzene rings is 1. The molecule has 1 unspecified atom stereocenters. The largest absolute Gasteiger partial charge is 0.351 e. The maximum Gasteiger partial charge on any atom is 0.226 e. The molecule has 1 aliphatic carbocycles. The van der Waals surface area contributed by atoms with Crippen molar-refractivity contribution >= 4 is 58.0 Å². The summed E-state index contributed by atoms with van der Waals surface area (Å²) in [6.07, 6.45) is 2.66. The maximum absolute atomic E-state index is 12.1. The van der Waals surface area contributed by atoms with Crippen LogP contribution in [0.25, 0.3) is 10.6 Å². The van der Waals surface area contributed by atoms with Gasteiger partial charge in [0.05, 0.1) is 12.1 Å². The van der Waals surface area contributed by atoms with Crippen LogP contribution < -0.4 is 11.1 Å². The molecule has 1 fully saturated rings. The molecule has 1 atom stereocenters. The van der Waals surface area contributed by atoms with Crippen molar-refractivity contribution in [3.8, 4) is 10.6 Å². The number of rotatable bonds is 6. The molecule has 1 aromatic carbocycles. The molecule has 3 rings (SSSR count). The third-order valence-corrected chi connectivity index (χ3v) is 5.19. The van der Waals surface area contributed by atoms with Gasteiger partial charge in [0.1, 0.15) is 5.01 Å². The number of thiazole rings is 1. The molecule has 3 N–H and O–H groups in total. The molecule has 4 nitrogen and oxygen atoms in total. The van der Waals surface area contributed by atoms with E-state index in [0.29, 0.717) is 18.9 Å². The molecule has 24 heavy (non-hydrogen) atoms. The van der Waals surface area contributed by atoms with E-state index in [0.717, 1.165) is 20.7 Å². The first kappa shape index (κ1) is 21.4. The van der Waals surface area contributed by atoms with Gasteiger partial charge in [0, 0.05) is 28.0 Å². The van der Waals surface area contributed by atoms with Crippen LogP contribution in [-0.2, 0) is 11.2 Å². The third kappa shape index (κ3) is 5.70. The first-order chi connectivity index (χ1) is 10.7. The van der Waals surface area contributed by atoms with Crippen LogP contribution in [-0.4, -0.2) is 23.5 Å². The SMILES string of the molecule is Cl.Cl.NCC(NC(=O)Cc1csc(-c2cccc(Br)c2)n1)C1CC1. The van der Waals surface area contributed by atoms with E-state index >= 15 is 0 Å². The molecule has 132 valence electrons. The van der Waals surface area contributed by atoms with Crippen LogP contribution >= 0.6 is 52.1 Å². The highest BCUT2D eigenvalue weighted by atomic mass is 79.9. The predicted molar refractivity (Wildman–Crippen MR) is 107 cm³/mol. The van der Waals surface area contributed by atoms with Crippen molar-refractivity contribution < 1.29 is 4.79 Å². The normalized spacial score (nSPS) is 14.2. The quantitative estimate of drug-likeness (QED) is 0.699. The molecule has 1 saturated carbocycles. The molecule has 1 heterocycles. The maximum atomic E-state index is 12.1. The Balaban J connectivity index is 0.00000144. The van der Waals surface area contributed by atoms with E-state index in [1.807, 2.05) is 29.6 Å². The first-order valence-electron chi connectivity index (χ1n) is 7.35. The molecule has 0 saturated heterocycles. The average Bonchev–Trinajstić information content (AvgIpc) is 3.24. The smallest absolute Gasteiger partial charge is 0.226 e. The van der Waals surface area contributed by atoms with Crippen LogP contribution in [0.3, 0.4) is 0 Å². The number of nitrogens with one attached hydrogen (secondary N) is 1. The number of hydrogen-bond acceptors (Lipinski definition) is 4. The minimum atomic E-state index is 0. The molecule has 1 aliphatic rings. The highest BCUT2D eigenvalue weighted by Gasteiger charge is 2.31. The standard InChI is InChI=1S/C16H18BrN3OS.2ClH/c17-12-3-1-2-11(6-12)16-19-13(9-22-16)7-15(21)20-14(8-18)10-4-5-10;;/h1-3,6,9-10,14H,4-5,7-8,18H2,(H,20,21);2*1H. The number of nitrogens with zero attached hydrogens (tertiary/aromatic N) is 1. The van der Waals surface area contributed by atoms with Crippen LogP contribution in [0.1, 0.15) is 18.5 Å². The van der Waals surface area contributed by atoms with Crippen molar-refractivity contribution in [1.82, 2.24) is 10.3 Å². The van der Waals surface area contributed by atoms with Crippen molar-refractivity contribution in [2.45, 2.75) is 25.3 Å². The van der Waals surface area contributed by atoms with Crippen molar-refractivity contribution in [3.63, 3.8) is 0 Å².